The van der Waals surface area contributed by atoms with Crippen molar-refractivity contribution in [2.75, 3.05) is 14.1 Å². The lowest BCUT2D eigenvalue weighted by Gasteiger charge is -2.28. The maximum atomic E-state index is 14.5. The van der Waals surface area contributed by atoms with Crippen molar-refractivity contribution in [2.45, 2.75) is 145 Å². The summed E-state index contributed by atoms with van der Waals surface area (Å²) < 4.78 is 166. The molecule has 9 unspecified atom stereocenters. The second kappa shape index (κ2) is 22.7. The van der Waals surface area contributed by atoms with Gasteiger partial charge in [-0.1, -0.05) is 77.6 Å². The van der Waals surface area contributed by atoms with E-state index in [9.17, 15) is 56.9 Å². The zero-order chi connectivity index (χ0) is 31.5. The van der Waals surface area contributed by atoms with Crippen molar-refractivity contribution in [3.05, 3.63) is 0 Å². The van der Waals surface area contributed by atoms with Crippen molar-refractivity contribution in [2.24, 2.45) is 0 Å². The maximum absolute atomic E-state index is 14.5. The van der Waals surface area contributed by atoms with Gasteiger partial charge in [0.05, 0.1) is 0 Å². The van der Waals surface area contributed by atoms with E-state index in [4.69, 9.17) is 0 Å². The Morgan fingerprint density at radius 3 is 1.10 bits per heavy atom. The second-order valence-corrected chi connectivity index (χ2v) is 11.4. The first kappa shape index (κ1) is 41.3. The van der Waals surface area contributed by atoms with E-state index in [1.807, 2.05) is 14.1 Å². The van der Waals surface area contributed by atoms with E-state index in [-0.39, 0.29) is 6.42 Å². The molecular weight excluding hydrogens is 584 g/mol. The minimum absolute atomic E-state index is 0.0303. The molecule has 0 heterocycles. The lowest BCUT2D eigenvalue weighted by Crippen LogP contribution is -2.50. The molecule has 40 heavy (non-hydrogen) atoms. The third kappa shape index (κ3) is 16.6. The van der Waals surface area contributed by atoms with E-state index >= 15 is 0 Å². The van der Waals surface area contributed by atoms with Crippen LogP contribution in [0.1, 0.15) is 84.0 Å². The molecule has 15 heteroatoms. The van der Waals surface area contributed by atoms with Crippen LogP contribution in [0.4, 0.5) is 43.9 Å². The second-order valence-electron chi connectivity index (χ2n) is 9.77. The zero-order valence-electron chi connectivity index (χ0n) is 23.2. The topological polar surface area (TPSA) is 66.4 Å². The van der Waals surface area contributed by atoms with Gasteiger partial charge in [-0.3, -0.25) is 4.55 Å². The highest BCUT2D eigenvalue weighted by Crippen LogP contribution is 2.31. The van der Waals surface area contributed by atoms with Gasteiger partial charge in [0.1, 0.15) is 5.25 Å². The van der Waals surface area contributed by atoms with E-state index in [1.54, 1.807) is 0 Å². The van der Waals surface area contributed by atoms with Crippen molar-refractivity contribution in [3.63, 3.8) is 0 Å². The van der Waals surface area contributed by atoms with E-state index in [0.29, 0.717) is 12.8 Å². The molecule has 244 valence electrons. The average molecular weight is 630 g/mol. The predicted octanol–water partition coefficient (Wildman–Crippen LogP) is 7.75. The molecule has 0 amide bonds. The summed E-state index contributed by atoms with van der Waals surface area (Å²) in [5.41, 5.74) is 0. The molecule has 0 fully saturated rings. The highest BCUT2D eigenvalue weighted by Gasteiger charge is 2.50. The van der Waals surface area contributed by atoms with Gasteiger partial charge < -0.3 is 5.32 Å². The number of hydrogen-bond acceptors (Lipinski definition) is 3. The van der Waals surface area contributed by atoms with Crippen molar-refractivity contribution >= 4 is 10.1 Å². The fraction of sp³-hybridized carbons (Fsp3) is 1.00. The zero-order valence-corrected chi connectivity index (χ0v) is 24.0. The quantitative estimate of drug-likeness (QED) is 0.0731. The Hall–Kier alpha value is -0.830. The van der Waals surface area contributed by atoms with Crippen LogP contribution >= 0.6 is 0 Å². The van der Waals surface area contributed by atoms with Gasteiger partial charge in [0.2, 0.25) is 0 Å². The molecule has 0 aliphatic rings. The van der Waals surface area contributed by atoms with Crippen LogP contribution in [0.25, 0.3) is 0 Å². The van der Waals surface area contributed by atoms with Crippen LogP contribution in [0.3, 0.4) is 0 Å². The van der Waals surface area contributed by atoms with Crippen LogP contribution in [0.2, 0.25) is 0 Å². The first-order chi connectivity index (χ1) is 18.6. The Morgan fingerprint density at radius 1 is 0.525 bits per heavy atom. The predicted molar refractivity (Wildman–Crippen MR) is 137 cm³/mol. The maximum Gasteiger partial charge on any atom is 0.272 e. The Balaban J connectivity index is 0. The largest absolute Gasteiger partial charge is 0.323 e. The summed E-state index contributed by atoms with van der Waals surface area (Å²) in [4.78, 5) is 0. The standard InChI is InChI=1S/C23H38F10O3S.C2H7N/c1-2-3-4-5-6-7-8-9-10-11-12-13-14(37(34,35)36)15(24)16(25)17(26)18(27)19(28)20(29)21(30)22(31)23(32)33;1-3-2/h14-23H,2-13H2,1H3,(H,34,35,36);3H,1-2H3. The summed E-state index contributed by atoms with van der Waals surface area (Å²) in [5, 5.41) is 0.203. The highest BCUT2D eigenvalue weighted by atomic mass is 32.2. The number of hydrogen-bond donors (Lipinski definition) is 2. The van der Waals surface area contributed by atoms with Gasteiger partial charge in [0.25, 0.3) is 16.5 Å². The molecule has 0 aromatic rings. The van der Waals surface area contributed by atoms with Crippen LogP contribution in [0.5, 0.6) is 0 Å². The summed E-state index contributed by atoms with van der Waals surface area (Å²) in [6, 6.07) is 0. The smallest absolute Gasteiger partial charge is 0.272 e. The monoisotopic (exact) mass is 629 g/mol. The molecule has 9 atom stereocenters. The summed E-state index contributed by atoms with van der Waals surface area (Å²) in [7, 11) is -1.57. The number of halogens is 10. The van der Waals surface area contributed by atoms with Crippen LogP contribution in [-0.2, 0) is 10.1 Å². The van der Waals surface area contributed by atoms with Gasteiger partial charge in [0.15, 0.2) is 49.4 Å². The third-order valence-electron chi connectivity index (χ3n) is 6.20. The van der Waals surface area contributed by atoms with E-state index in [2.05, 4.69) is 12.2 Å². The Labute approximate surface area is 231 Å². The minimum atomic E-state index is -5.32. The van der Waals surface area contributed by atoms with Crippen LogP contribution in [0, 0.1) is 0 Å². The molecule has 4 nitrogen and oxygen atoms in total. The average Bonchev–Trinajstić information content (AvgIpc) is 2.89. The molecule has 0 aromatic heterocycles. The molecule has 2 N–H and O–H groups in total. The van der Waals surface area contributed by atoms with Crippen LogP contribution in [0.15, 0.2) is 0 Å². The number of alkyl halides is 10. The minimum Gasteiger partial charge on any atom is -0.323 e. The molecule has 0 bridgehead atoms. The molecule has 0 saturated carbocycles. The van der Waals surface area contributed by atoms with Crippen molar-refractivity contribution < 1.29 is 56.9 Å². The Bertz CT molecular complexity index is 710. The summed E-state index contributed by atoms with van der Waals surface area (Å²) in [5.74, 6) is 0. The lowest BCUT2D eigenvalue weighted by molar-refractivity contribution is -0.0700. The van der Waals surface area contributed by atoms with Gasteiger partial charge in [-0.05, 0) is 20.5 Å². The van der Waals surface area contributed by atoms with Crippen LogP contribution < -0.4 is 5.32 Å². The van der Waals surface area contributed by atoms with Crippen molar-refractivity contribution in [1.82, 2.24) is 5.32 Å². The lowest BCUT2D eigenvalue weighted by atomic mass is 9.96. The fourth-order valence-corrected chi connectivity index (χ4v) is 4.82. The van der Waals surface area contributed by atoms with Gasteiger partial charge in [-0.2, -0.15) is 8.42 Å². The van der Waals surface area contributed by atoms with E-state index in [0.717, 1.165) is 44.9 Å². The van der Waals surface area contributed by atoms with Gasteiger partial charge >= 0.3 is 0 Å². The summed E-state index contributed by atoms with van der Waals surface area (Å²) in [6.45, 7) is 2.10. The van der Waals surface area contributed by atoms with Gasteiger partial charge in [-0.25, -0.2) is 43.9 Å². The Kier molecular flexibility index (Phi) is 23.5. The first-order valence-corrected chi connectivity index (χ1v) is 15.1. The Morgan fingerprint density at radius 2 is 0.800 bits per heavy atom. The number of unbranched alkanes of at least 4 members (excludes halogenated alkanes) is 10. The van der Waals surface area contributed by atoms with Crippen LogP contribution in [-0.4, -0.2) is 88.1 Å². The highest BCUT2D eigenvalue weighted by molar-refractivity contribution is 7.86. The molecule has 0 saturated heterocycles. The molecule has 0 aromatic carbocycles. The normalized spacial score (nSPS) is 19.1. The molecule has 0 radical (unpaired) electrons. The summed E-state index contributed by atoms with van der Waals surface area (Å²) >= 11 is 0. The summed E-state index contributed by atoms with van der Waals surface area (Å²) in [6.07, 6.45) is -26.3. The number of rotatable bonds is 22. The molecule has 0 aliphatic heterocycles. The molecule has 0 aliphatic carbocycles. The molecule has 0 spiro atoms. The van der Waals surface area contributed by atoms with Gasteiger partial charge in [-0.15, -0.1) is 0 Å². The van der Waals surface area contributed by atoms with Crippen molar-refractivity contribution in [1.29, 1.82) is 0 Å². The van der Waals surface area contributed by atoms with Crippen molar-refractivity contribution in [3.8, 4) is 0 Å². The SMILES string of the molecule is CCCCCCCCCCCCCC(C(F)C(F)C(F)C(F)C(F)C(F)C(F)C(F)C(F)F)S(=O)(=O)O.CNC. The number of nitrogens with one attached hydrogen (secondary N) is 1. The van der Waals surface area contributed by atoms with E-state index < -0.39 is 77.6 Å². The third-order valence-corrected chi connectivity index (χ3v) is 7.46. The molecule has 0 rings (SSSR count). The fourth-order valence-electron chi connectivity index (χ4n) is 3.88. The first-order valence-electron chi connectivity index (χ1n) is 13.5. The van der Waals surface area contributed by atoms with E-state index in [1.165, 1.54) is 6.42 Å². The van der Waals surface area contributed by atoms with Gasteiger partial charge in [0, 0.05) is 0 Å². The molecular formula is C25H45F10NO3S.